The molecule has 2 nitrogen and oxygen atoms in total. The van der Waals surface area contributed by atoms with Gasteiger partial charge >= 0.3 is 0 Å². The summed E-state index contributed by atoms with van der Waals surface area (Å²) in [5, 5.41) is 7.15. The van der Waals surface area contributed by atoms with Crippen molar-refractivity contribution < 1.29 is 4.42 Å². The minimum absolute atomic E-state index is 0.112. The lowest BCUT2D eigenvalue weighted by Gasteiger charge is -2.30. The summed E-state index contributed by atoms with van der Waals surface area (Å²) in [4.78, 5) is 2.45. The van der Waals surface area contributed by atoms with Crippen LogP contribution < -0.4 is 4.90 Å². The average Bonchev–Trinajstić information content (AvgIpc) is 3.60. The predicted molar refractivity (Wildman–Crippen MR) is 207 cm³/mol. The Bertz CT molecular complexity index is 2700. The van der Waals surface area contributed by atoms with Gasteiger partial charge < -0.3 is 9.32 Å². The maximum atomic E-state index is 6.72. The van der Waals surface area contributed by atoms with Crippen molar-refractivity contribution in [2.45, 2.75) is 32.1 Å². The van der Waals surface area contributed by atoms with Gasteiger partial charge in [0.25, 0.3) is 0 Å². The van der Waals surface area contributed by atoms with Crippen molar-refractivity contribution in [3.63, 3.8) is 0 Å². The molecule has 234 valence electrons. The second-order valence-corrected chi connectivity index (χ2v) is 14.1. The third-order valence-electron chi connectivity index (χ3n) is 10.8. The van der Waals surface area contributed by atoms with Crippen LogP contribution >= 0.6 is 0 Å². The molecule has 0 saturated heterocycles. The van der Waals surface area contributed by atoms with E-state index < -0.39 is 0 Å². The lowest BCUT2D eigenvalue weighted by Crippen LogP contribution is -2.17. The van der Waals surface area contributed by atoms with Crippen LogP contribution in [-0.2, 0) is 5.41 Å². The Kier molecular flexibility index (Phi) is 6.08. The zero-order chi connectivity index (χ0) is 32.7. The Morgan fingerprint density at radius 3 is 2.00 bits per heavy atom. The van der Waals surface area contributed by atoms with Crippen LogP contribution in [0.3, 0.4) is 0 Å². The lowest BCUT2D eigenvalue weighted by atomic mass is 9.82. The van der Waals surface area contributed by atoms with Crippen molar-refractivity contribution in [1.82, 2.24) is 0 Å². The Labute approximate surface area is 286 Å². The molecular weight excluding hydrogens is 595 g/mol. The summed E-state index contributed by atoms with van der Waals surface area (Å²) in [5.41, 5.74) is 12.9. The average molecular weight is 630 g/mol. The maximum Gasteiger partial charge on any atom is 0.137 e. The van der Waals surface area contributed by atoms with E-state index in [1.165, 1.54) is 54.9 Å². The fraction of sp³-hybridized carbons (Fsp3) is 0.106. The molecule has 1 heterocycles. The van der Waals surface area contributed by atoms with Crippen molar-refractivity contribution in [2.24, 2.45) is 0 Å². The molecule has 0 radical (unpaired) electrons. The molecule has 0 spiro atoms. The van der Waals surface area contributed by atoms with Gasteiger partial charge in [-0.3, -0.25) is 0 Å². The van der Waals surface area contributed by atoms with Crippen molar-refractivity contribution in [3.05, 3.63) is 168 Å². The predicted octanol–water partition coefficient (Wildman–Crippen LogP) is 13.4. The second-order valence-electron chi connectivity index (χ2n) is 14.1. The van der Waals surface area contributed by atoms with E-state index in [1.807, 2.05) is 0 Å². The van der Waals surface area contributed by atoms with Crippen LogP contribution in [0.4, 0.5) is 17.1 Å². The molecule has 49 heavy (non-hydrogen) atoms. The summed E-state index contributed by atoms with van der Waals surface area (Å²) in [6.45, 7) is 4.71. The fourth-order valence-corrected chi connectivity index (χ4v) is 8.30. The van der Waals surface area contributed by atoms with Gasteiger partial charge in [0.2, 0.25) is 0 Å². The van der Waals surface area contributed by atoms with Crippen LogP contribution in [0.15, 0.2) is 156 Å². The molecule has 7 aromatic carbocycles. The molecule has 0 aliphatic heterocycles. The molecule has 0 bridgehead atoms. The minimum Gasteiger partial charge on any atom is -0.456 e. The number of nitrogens with zero attached hydrogens (tertiary/aromatic N) is 1. The van der Waals surface area contributed by atoms with E-state index >= 15 is 0 Å². The highest BCUT2D eigenvalue weighted by atomic mass is 16.3. The van der Waals surface area contributed by atoms with Crippen molar-refractivity contribution in [1.29, 1.82) is 0 Å². The number of hydrogen-bond donors (Lipinski definition) is 0. The number of benzene rings is 7. The van der Waals surface area contributed by atoms with Gasteiger partial charge in [-0.15, -0.1) is 0 Å². The number of anilines is 3. The van der Waals surface area contributed by atoms with E-state index in [9.17, 15) is 0 Å². The normalized spacial score (nSPS) is 14.8. The molecule has 2 aliphatic rings. The number of fused-ring (bicyclic) bond motifs is 8. The topological polar surface area (TPSA) is 16.4 Å². The molecule has 0 unspecified atom stereocenters. The molecule has 8 aromatic rings. The number of allylic oxidation sites excluding steroid dienone is 4. The van der Waals surface area contributed by atoms with Crippen LogP contribution in [0.1, 0.15) is 43.4 Å². The van der Waals surface area contributed by atoms with Crippen LogP contribution in [0.2, 0.25) is 0 Å². The van der Waals surface area contributed by atoms with Gasteiger partial charge in [0.15, 0.2) is 0 Å². The van der Waals surface area contributed by atoms with Gasteiger partial charge in [0, 0.05) is 39.2 Å². The molecular formula is C47H35NO. The Balaban J connectivity index is 1.27. The van der Waals surface area contributed by atoms with Crippen LogP contribution in [0, 0.1) is 0 Å². The van der Waals surface area contributed by atoms with Crippen molar-refractivity contribution in [2.75, 3.05) is 4.90 Å². The van der Waals surface area contributed by atoms with Crippen LogP contribution in [0.5, 0.6) is 0 Å². The van der Waals surface area contributed by atoms with E-state index in [4.69, 9.17) is 4.42 Å². The first kappa shape index (κ1) is 28.2. The molecule has 0 amide bonds. The Hall–Kier alpha value is -5.86. The third kappa shape index (κ3) is 4.34. The van der Waals surface area contributed by atoms with E-state index in [-0.39, 0.29) is 5.41 Å². The third-order valence-corrected chi connectivity index (χ3v) is 10.8. The van der Waals surface area contributed by atoms with Crippen molar-refractivity contribution >= 4 is 66.1 Å². The Morgan fingerprint density at radius 1 is 0.531 bits per heavy atom. The summed E-state index contributed by atoms with van der Waals surface area (Å²) >= 11 is 0. The molecule has 2 aliphatic carbocycles. The van der Waals surface area contributed by atoms with Gasteiger partial charge in [-0.2, -0.15) is 0 Å². The Morgan fingerprint density at radius 2 is 1.18 bits per heavy atom. The molecule has 0 N–H and O–H groups in total. The molecule has 10 rings (SSSR count). The molecule has 0 fully saturated rings. The van der Waals surface area contributed by atoms with Gasteiger partial charge in [-0.25, -0.2) is 0 Å². The summed E-state index contributed by atoms with van der Waals surface area (Å²) < 4.78 is 6.72. The summed E-state index contributed by atoms with van der Waals surface area (Å²) in [5.74, 6) is 0. The van der Waals surface area contributed by atoms with Gasteiger partial charge in [-0.05, 0) is 105 Å². The van der Waals surface area contributed by atoms with Crippen LogP contribution in [-0.4, -0.2) is 0 Å². The minimum atomic E-state index is -0.112. The first-order valence-electron chi connectivity index (χ1n) is 17.3. The summed E-state index contributed by atoms with van der Waals surface area (Å²) in [7, 11) is 0. The van der Waals surface area contributed by atoms with E-state index in [0.29, 0.717) is 0 Å². The monoisotopic (exact) mass is 629 g/mol. The van der Waals surface area contributed by atoms with Crippen LogP contribution in [0.25, 0.3) is 60.2 Å². The van der Waals surface area contributed by atoms with Gasteiger partial charge in [0.1, 0.15) is 11.2 Å². The zero-order valence-corrected chi connectivity index (χ0v) is 27.7. The first-order chi connectivity index (χ1) is 24.0. The number of furan rings is 1. The van der Waals surface area contributed by atoms with E-state index in [2.05, 4.69) is 170 Å². The largest absolute Gasteiger partial charge is 0.456 e. The van der Waals surface area contributed by atoms with Crippen molar-refractivity contribution in [3.8, 4) is 11.1 Å². The quantitative estimate of drug-likeness (QED) is 0.193. The zero-order valence-electron chi connectivity index (χ0n) is 27.7. The smallest absolute Gasteiger partial charge is 0.137 e. The first-order valence-corrected chi connectivity index (χ1v) is 17.3. The highest BCUT2D eigenvalue weighted by Crippen LogP contribution is 2.52. The summed E-state index contributed by atoms with van der Waals surface area (Å²) in [6.07, 6.45) is 9.09. The fourth-order valence-electron chi connectivity index (χ4n) is 8.30. The van der Waals surface area contributed by atoms with Gasteiger partial charge in [-0.1, -0.05) is 117 Å². The number of hydrogen-bond acceptors (Lipinski definition) is 2. The van der Waals surface area contributed by atoms with Gasteiger partial charge in [0.05, 0.1) is 5.69 Å². The lowest BCUT2D eigenvalue weighted by molar-refractivity contribution is 0.660. The highest BCUT2D eigenvalue weighted by molar-refractivity contribution is 6.12. The molecule has 0 saturated carbocycles. The molecule has 0 atom stereocenters. The number of rotatable bonds is 4. The van der Waals surface area contributed by atoms with E-state index in [1.54, 1.807) is 0 Å². The molecule has 2 heteroatoms. The second kappa shape index (κ2) is 10.6. The highest BCUT2D eigenvalue weighted by Gasteiger charge is 2.36. The maximum absolute atomic E-state index is 6.72. The molecule has 1 aromatic heterocycles. The van der Waals surface area contributed by atoms with E-state index in [0.717, 1.165) is 51.8 Å². The SMILES string of the molecule is CC1(C)c2ccccc2-c2ccc(N(c3ccc4ccccc4c3)c3cc4oc5cc6ccccc6cc5c4cc3C3=CCCC=C3)cc21. The summed E-state index contributed by atoms with van der Waals surface area (Å²) in [6, 6.07) is 49.1. The standard InChI is InChI=1S/C47H35NO/c1-47(2)42-19-11-10-18-37(42)38-23-22-36(27-43(38)47)48(35-21-20-30-12-6-7-15-32(30)24-35)44-29-46-41(28-39(44)31-13-4-3-5-14-31)40-25-33-16-8-9-17-34(33)26-45(40)49-46/h4,6-29H,3,5H2,1-2H3.